The molecule has 17 nitrogen and oxygen atoms in total. The van der Waals surface area contributed by atoms with Gasteiger partial charge in [0.25, 0.3) is 0 Å². The minimum atomic E-state index is -4.99. The summed E-state index contributed by atoms with van der Waals surface area (Å²) in [6, 6.07) is 0. The number of aliphatic hydroxyl groups excluding tert-OH is 1. The number of rotatable bonds is 77. The van der Waals surface area contributed by atoms with Crippen LogP contribution in [0.5, 0.6) is 0 Å². The van der Waals surface area contributed by atoms with Crippen molar-refractivity contribution in [2.45, 2.75) is 367 Å². The predicted molar refractivity (Wildman–Crippen MR) is 427 cm³/mol. The van der Waals surface area contributed by atoms with Gasteiger partial charge < -0.3 is 33.8 Å². The van der Waals surface area contributed by atoms with Crippen LogP contribution >= 0.6 is 15.6 Å². The normalized spacial score (nSPS) is 14.4. The Morgan fingerprint density at radius 2 is 0.510 bits per heavy atom. The molecular weight excluding hydrogens is 1350 g/mol. The first kappa shape index (κ1) is 99.7. The fourth-order valence-electron chi connectivity index (χ4n) is 11.0. The minimum Gasteiger partial charge on any atom is -0.462 e. The van der Waals surface area contributed by atoms with Crippen molar-refractivity contribution in [3.05, 3.63) is 109 Å². The molecule has 0 aliphatic heterocycles. The quantitative estimate of drug-likeness (QED) is 0.0169. The Morgan fingerprint density at radius 3 is 0.808 bits per heavy atom. The molecule has 0 aromatic heterocycles. The van der Waals surface area contributed by atoms with Gasteiger partial charge in [0.2, 0.25) is 0 Å². The van der Waals surface area contributed by atoms with Crippen LogP contribution in [0.15, 0.2) is 109 Å². The number of hydrogen-bond acceptors (Lipinski definition) is 15. The molecule has 0 bridgehead atoms. The molecule has 0 fully saturated rings. The Bertz CT molecular complexity index is 2390. The monoisotopic (exact) mass is 1500 g/mol. The van der Waals surface area contributed by atoms with Crippen molar-refractivity contribution in [3.8, 4) is 0 Å². The number of carbonyl (C=O) groups excluding carboxylic acids is 4. The number of unbranched alkanes of at least 4 members (excludes halogenated alkanes) is 33. The van der Waals surface area contributed by atoms with E-state index in [1.165, 1.54) is 83.5 Å². The van der Waals surface area contributed by atoms with Crippen molar-refractivity contribution < 1.29 is 80.2 Å². The Kier molecular flexibility index (Phi) is 73.7. The predicted octanol–water partition coefficient (Wildman–Crippen LogP) is 24.1. The molecule has 600 valence electrons. The molecule has 0 saturated carbocycles. The number of phosphoric ester groups is 2. The van der Waals surface area contributed by atoms with Crippen molar-refractivity contribution in [1.29, 1.82) is 0 Å². The number of aliphatic hydroxyl groups is 1. The van der Waals surface area contributed by atoms with Gasteiger partial charge in [0, 0.05) is 25.7 Å². The summed E-state index contributed by atoms with van der Waals surface area (Å²) in [6.07, 6.45) is 83.5. The van der Waals surface area contributed by atoms with Crippen LogP contribution < -0.4 is 0 Å². The van der Waals surface area contributed by atoms with Crippen molar-refractivity contribution in [2.24, 2.45) is 0 Å². The Morgan fingerprint density at radius 1 is 0.279 bits per heavy atom. The first-order valence-electron chi connectivity index (χ1n) is 41.1. The highest BCUT2D eigenvalue weighted by Crippen LogP contribution is 2.45. The summed E-state index contributed by atoms with van der Waals surface area (Å²) >= 11 is 0. The van der Waals surface area contributed by atoms with E-state index in [0.717, 1.165) is 186 Å². The Labute approximate surface area is 632 Å². The summed E-state index contributed by atoms with van der Waals surface area (Å²) in [6.45, 7) is 4.62. The summed E-state index contributed by atoms with van der Waals surface area (Å²) in [5.74, 6) is -2.20. The van der Waals surface area contributed by atoms with Crippen LogP contribution in [0.3, 0.4) is 0 Å². The van der Waals surface area contributed by atoms with Crippen LogP contribution in [-0.4, -0.2) is 96.7 Å². The molecule has 0 heterocycles. The zero-order chi connectivity index (χ0) is 76.0. The average molecular weight is 1500 g/mol. The standard InChI is InChI=1S/C85H148O17P2/c1-5-9-13-17-21-25-29-32-35-37-39-41-44-47-51-54-58-62-66-70-83(88)96-76-81(102-85(90)72-68-64-60-56-52-48-45-42-40-38-36-33-30-26-22-18-14-10-6-2)78-100-104(93,94)98-74-79(86)73-97-103(91,92)99-77-80(101-84(89)71-67-63-59-55-49-28-24-20-16-12-8-4)75-95-82(87)69-65-61-57-53-50-46-43-34-31-27-23-19-15-11-7-3/h9-10,13-14,20-22,24-26,32-33,35-36,39-42,79-81,86H,5-8,11-12,15-19,23,27-31,34,37-38,43-78H2,1-4H3,(H,91,92)(H,93,94)/b13-9-,14-10-,24-20-,25-21-,26-22-,35-32-,36-33-,41-39-,42-40-. The van der Waals surface area contributed by atoms with E-state index in [4.69, 9.17) is 37.0 Å². The molecule has 0 radical (unpaired) electrons. The summed E-state index contributed by atoms with van der Waals surface area (Å²) in [5.41, 5.74) is 0. The molecule has 104 heavy (non-hydrogen) atoms. The van der Waals surface area contributed by atoms with Crippen molar-refractivity contribution >= 4 is 39.5 Å². The van der Waals surface area contributed by atoms with Gasteiger partial charge in [-0.1, -0.05) is 310 Å². The summed E-state index contributed by atoms with van der Waals surface area (Å²) < 4.78 is 68.7. The lowest BCUT2D eigenvalue weighted by Gasteiger charge is -2.21. The molecule has 5 atom stereocenters. The zero-order valence-corrected chi connectivity index (χ0v) is 67.5. The number of carbonyl (C=O) groups is 4. The lowest BCUT2D eigenvalue weighted by atomic mass is 10.0. The number of hydrogen-bond donors (Lipinski definition) is 3. The molecule has 0 aromatic carbocycles. The van der Waals surface area contributed by atoms with Gasteiger partial charge in [-0.2, -0.15) is 0 Å². The molecular formula is C85H148O17P2. The van der Waals surface area contributed by atoms with Crippen LogP contribution in [0.1, 0.15) is 349 Å². The fraction of sp³-hybridized carbons (Fsp3) is 0.741. The summed E-state index contributed by atoms with van der Waals surface area (Å²) in [7, 11) is -9.96. The van der Waals surface area contributed by atoms with Gasteiger partial charge in [-0.15, -0.1) is 0 Å². The molecule has 0 aliphatic rings. The van der Waals surface area contributed by atoms with E-state index in [1.54, 1.807) is 0 Å². The van der Waals surface area contributed by atoms with Gasteiger partial charge in [0.15, 0.2) is 12.2 Å². The number of esters is 4. The first-order chi connectivity index (χ1) is 50.7. The van der Waals surface area contributed by atoms with E-state index < -0.39 is 97.5 Å². The van der Waals surface area contributed by atoms with Crippen LogP contribution in [0.2, 0.25) is 0 Å². The lowest BCUT2D eigenvalue weighted by Crippen LogP contribution is -2.30. The molecule has 5 unspecified atom stereocenters. The van der Waals surface area contributed by atoms with Gasteiger partial charge >= 0.3 is 39.5 Å². The molecule has 3 N–H and O–H groups in total. The zero-order valence-electron chi connectivity index (χ0n) is 65.7. The molecule has 0 rings (SSSR count). The third-order valence-corrected chi connectivity index (χ3v) is 19.1. The number of ether oxygens (including phenoxy) is 4. The molecule has 0 spiro atoms. The van der Waals surface area contributed by atoms with Crippen LogP contribution in [0, 0.1) is 0 Å². The number of allylic oxidation sites excluding steroid dienone is 18. The highest BCUT2D eigenvalue weighted by Gasteiger charge is 2.30. The largest absolute Gasteiger partial charge is 0.472 e. The molecule has 0 aliphatic carbocycles. The lowest BCUT2D eigenvalue weighted by molar-refractivity contribution is -0.161. The molecule has 0 saturated heterocycles. The summed E-state index contributed by atoms with van der Waals surface area (Å²) in [5, 5.41) is 10.6. The van der Waals surface area contributed by atoms with E-state index in [2.05, 4.69) is 137 Å². The molecule has 19 heteroatoms. The van der Waals surface area contributed by atoms with Gasteiger partial charge in [-0.3, -0.25) is 37.3 Å². The highest BCUT2D eigenvalue weighted by molar-refractivity contribution is 7.47. The maximum atomic E-state index is 13.1. The first-order valence-corrected chi connectivity index (χ1v) is 44.1. The highest BCUT2D eigenvalue weighted by atomic mass is 31.2. The Hall–Kier alpha value is -4.28. The van der Waals surface area contributed by atoms with Gasteiger partial charge in [0.05, 0.1) is 26.4 Å². The van der Waals surface area contributed by atoms with Crippen LogP contribution in [0.25, 0.3) is 0 Å². The van der Waals surface area contributed by atoms with Crippen LogP contribution in [-0.2, 0) is 65.4 Å². The maximum absolute atomic E-state index is 13.1. The van der Waals surface area contributed by atoms with E-state index >= 15 is 0 Å². The van der Waals surface area contributed by atoms with E-state index in [-0.39, 0.29) is 25.7 Å². The average Bonchev–Trinajstić information content (AvgIpc) is 0.928. The second-order valence-corrected chi connectivity index (χ2v) is 30.2. The topological polar surface area (TPSA) is 237 Å². The van der Waals surface area contributed by atoms with Gasteiger partial charge in [0.1, 0.15) is 19.3 Å². The fourth-order valence-corrected chi connectivity index (χ4v) is 12.6. The van der Waals surface area contributed by atoms with Crippen molar-refractivity contribution in [2.75, 3.05) is 39.6 Å². The third-order valence-electron chi connectivity index (χ3n) is 17.2. The van der Waals surface area contributed by atoms with E-state index in [9.17, 15) is 43.2 Å². The van der Waals surface area contributed by atoms with Crippen LogP contribution in [0.4, 0.5) is 0 Å². The smallest absolute Gasteiger partial charge is 0.462 e. The maximum Gasteiger partial charge on any atom is 0.472 e. The second-order valence-electron chi connectivity index (χ2n) is 27.3. The minimum absolute atomic E-state index is 0.0741. The van der Waals surface area contributed by atoms with E-state index in [0.29, 0.717) is 25.7 Å². The third kappa shape index (κ3) is 75.9. The van der Waals surface area contributed by atoms with Crippen molar-refractivity contribution in [1.82, 2.24) is 0 Å². The number of phosphoric acid groups is 2. The SMILES string of the molecule is CC/C=C\C/C=C\C/C=C\C/C=C\CCCCCCCCC(=O)OCC(COP(=O)(O)OCC(O)COP(=O)(O)OCC(COC(=O)CCCCCCCCCCCCCCCCC)OC(=O)CCCCCCC/C=C\CCCC)OC(=O)CCCCCCCC/C=C\C/C=C\C/C=C\C/C=C\CC. The van der Waals surface area contributed by atoms with E-state index in [1.807, 2.05) is 0 Å². The molecule has 0 aromatic rings. The summed E-state index contributed by atoms with van der Waals surface area (Å²) in [4.78, 5) is 73.1. The Balaban J connectivity index is 5.35. The van der Waals surface area contributed by atoms with Crippen molar-refractivity contribution in [3.63, 3.8) is 0 Å². The van der Waals surface area contributed by atoms with Gasteiger partial charge in [-0.25, -0.2) is 9.13 Å². The molecule has 0 amide bonds. The van der Waals surface area contributed by atoms with Gasteiger partial charge in [-0.05, 0) is 122 Å². The second kappa shape index (κ2) is 76.9.